The van der Waals surface area contributed by atoms with Crippen molar-refractivity contribution in [2.75, 3.05) is 0 Å². The average molecular weight is 232 g/mol. The van der Waals surface area contributed by atoms with E-state index >= 15 is 0 Å². The fraction of sp³-hybridized carbons (Fsp3) is 0.231. The third-order valence-electron chi connectivity index (χ3n) is 2.24. The van der Waals surface area contributed by atoms with E-state index in [-0.39, 0.29) is 5.91 Å². The summed E-state index contributed by atoms with van der Waals surface area (Å²) in [5.41, 5.74) is 6.51. The molecule has 17 heavy (non-hydrogen) atoms. The summed E-state index contributed by atoms with van der Waals surface area (Å²) < 4.78 is 0. The second kappa shape index (κ2) is 5.84. The molecule has 0 fully saturated rings. The third kappa shape index (κ3) is 4.10. The summed E-state index contributed by atoms with van der Waals surface area (Å²) in [5, 5.41) is 2.59. The summed E-state index contributed by atoms with van der Waals surface area (Å²) in [5.74, 6) is -0.868. The Hall–Kier alpha value is -2.10. The predicted molar refractivity (Wildman–Crippen MR) is 66.3 cm³/mol. The number of hydrogen-bond donors (Lipinski definition) is 2. The monoisotopic (exact) mass is 232 g/mol. The minimum atomic E-state index is -0.708. The molecular weight excluding hydrogens is 216 g/mol. The van der Waals surface area contributed by atoms with E-state index in [1.807, 2.05) is 6.07 Å². The van der Waals surface area contributed by atoms with Crippen LogP contribution in [0, 0.1) is 0 Å². The number of rotatable bonds is 5. The van der Waals surface area contributed by atoms with E-state index in [1.165, 1.54) is 0 Å². The van der Waals surface area contributed by atoms with Crippen LogP contribution in [0.15, 0.2) is 42.5 Å². The van der Waals surface area contributed by atoms with Gasteiger partial charge in [-0.2, -0.15) is 0 Å². The molecule has 0 aliphatic rings. The van der Waals surface area contributed by atoms with Gasteiger partial charge < -0.3 is 11.1 Å². The maximum atomic E-state index is 11.8. The van der Waals surface area contributed by atoms with Crippen molar-refractivity contribution >= 4 is 11.8 Å². The SMILES string of the molecule is C=C(C)C[C@@H](NC(=O)c1ccccc1)C(N)=O. The molecule has 0 saturated carbocycles. The molecule has 0 aliphatic heterocycles. The lowest BCUT2D eigenvalue weighted by molar-refractivity contribution is -0.119. The molecule has 1 rings (SSSR count). The number of hydrogen-bond acceptors (Lipinski definition) is 2. The molecule has 2 amide bonds. The first-order chi connectivity index (χ1) is 8.00. The van der Waals surface area contributed by atoms with Gasteiger partial charge in [-0.05, 0) is 25.5 Å². The summed E-state index contributed by atoms with van der Waals surface area (Å²) in [6, 6.07) is 7.97. The molecule has 0 aromatic heterocycles. The van der Waals surface area contributed by atoms with Gasteiger partial charge in [-0.25, -0.2) is 0 Å². The Balaban J connectivity index is 2.71. The molecule has 0 aliphatic carbocycles. The van der Waals surface area contributed by atoms with E-state index in [1.54, 1.807) is 31.2 Å². The lowest BCUT2D eigenvalue weighted by Gasteiger charge is -2.15. The van der Waals surface area contributed by atoms with Crippen molar-refractivity contribution in [1.82, 2.24) is 5.32 Å². The van der Waals surface area contributed by atoms with Gasteiger partial charge in [0.25, 0.3) is 5.91 Å². The Bertz CT molecular complexity index is 426. The number of amides is 2. The maximum absolute atomic E-state index is 11.8. The number of carbonyl (C=O) groups is 2. The molecule has 0 radical (unpaired) electrons. The topological polar surface area (TPSA) is 72.2 Å². The van der Waals surface area contributed by atoms with Gasteiger partial charge in [-0.3, -0.25) is 9.59 Å². The highest BCUT2D eigenvalue weighted by Crippen LogP contribution is 2.04. The minimum Gasteiger partial charge on any atom is -0.368 e. The first-order valence-corrected chi connectivity index (χ1v) is 5.30. The van der Waals surface area contributed by atoms with Gasteiger partial charge in [0.1, 0.15) is 6.04 Å². The number of primary amides is 1. The molecular formula is C13H16N2O2. The summed E-state index contributed by atoms with van der Waals surface area (Å²) in [6.45, 7) is 5.48. The fourth-order valence-electron chi connectivity index (χ4n) is 1.40. The van der Waals surface area contributed by atoms with Gasteiger partial charge >= 0.3 is 0 Å². The van der Waals surface area contributed by atoms with Crippen LogP contribution in [0.2, 0.25) is 0 Å². The van der Waals surface area contributed by atoms with Crippen molar-refractivity contribution < 1.29 is 9.59 Å². The standard InChI is InChI=1S/C13H16N2O2/c1-9(2)8-11(12(14)16)15-13(17)10-6-4-3-5-7-10/h3-7,11H,1,8H2,2H3,(H2,14,16)(H,15,17)/t11-/m1/s1. The van der Waals surface area contributed by atoms with Crippen molar-refractivity contribution in [1.29, 1.82) is 0 Å². The van der Waals surface area contributed by atoms with E-state index in [0.29, 0.717) is 12.0 Å². The first-order valence-electron chi connectivity index (χ1n) is 5.30. The summed E-state index contributed by atoms with van der Waals surface area (Å²) in [7, 11) is 0. The van der Waals surface area contributed by atoms with Gasteiger partial charge in [0, 0.05) is 5.56 Å². The highest BCUT2D eigenvalue weighted by molar-refractivity contribution is 5.97. The molecule has 4 nitrogen and oxygen atoms in total. The van der Waals surface area contributed by atoms with Crippen LogP contribution in [0.3, 0.4) is 0 Å². The zero-order valence-corrected chi connectivity index (χ0v) is 9.77. The van der Waals surface area contributed by atoms with E-state index < -0.39 is 11.9 Å². The second-order valence-corrected chi connectivity index (χ2v) is 3.96. The van der Waals surface area contributed by atoms with Crippen LogP contribution in [-0.4, -0.2) is 17.9 Å². The van der Waals surface area contributed by atoms with Gasteiger partial charge in [0.2, 0.25) is 5.91 Å². The third-order valence-corrected chi connectivity index (χ3v) is 2.24. The van der Waals surface area contributed by atoms with Crippen LogP contribution >= 0.6 is 0 Å². The fourth-order valence-corrected chi connectivity index (χ4v) is 1.40. The summed E-state index contributed by atoms with van der Waals surface area (Å²) >= 11 is 0. The van der Waals surface area contributed by atoms with Gasteiger partial charge in [-0.1, -0.05) is 23.8 Å². The van der Waals surface area contributed by atoms with Gasteiger partial charge in [0.15, 0.2) is 0 Å². The Morgan fingerprint density at radius 3 is 2.41 bits per heavy atom. The molecule has 3 N–H and O–H groups in total. The molecule has 1 aromatic rings. The normalized spacial score (nSPS) is 11.6. The molecule has 0 spiro atoms. The van der Waals surface area contributed by atoms with Crippen molar-refractivity contribution in [2.24, 2.45) is 5.73 Å². The van der Waals surface area contributed by atoms with Crippen molar-refractivity contribution in [3.05, 3.63) is 48.0 Å². The number of nitrogens with one attached hydrogen (secondary N) is 1. The van der Waals surface area contributed by atoms with Crippen LogP contribution in [0.5, 0.6) is 0 Å². The molecule has 1 atom stereocenters. The molecule has 0 bridgehead atoms. The maximum Gasteiger partial charge on any atom is 0.251 e. The van der Waals surface area contributed by atoms with E-state index in [0.717, 1.165) is 5.57 Å². The molecule has 4 heteroatoms. The zero-order chi connectivity index (χ0) is 12.8. The highest BCUT2D eigenvalue weighted by atomic mass is 16.2. The number of benzene rings is 1. The van der Waals surface area contributed by atoms with Crippen LogP contribution < -0.4 is 11.1 Å². The van der Waals surface area contributed by atoms with Crippen LogP contribution in [0.25, 0.3) is 0 Å². The van der Waals surface area contributed by atoms with Crippen LogP contribution in [0.4, 0.5) is 0 Å². The Morgan fingerprint density at radius 2 is 1.94 bits per heavy atom. The Labute approximate surface area is 101 Å². The molecule has 90 valence electrons. The van der Waals surface area contributed by atoms with Crippen molar-refractivity contribution in [3.63, 3.8) is 0 Å². The molecule has 0 saturated heterocycles. The molecule has 1 aromatic carbocycles. The number of carbonyl (C=O) groups excluding carboxylic acids is 2. The van der Waals surface area contributed by atoms with Crippen LogP contribution in [0.1, 0.15) is 23.7 Å². The van der Waals surface area contributed by atoms with Crippen LogP contribution in [-0.2, 0) is 4.79 Å². The lowest BCUT2D eigenvalue weighted by atomic mass is 10.1. The largest absolute Gasteiger partial charge is 0.368 e. The predicted octanol–water partition coefficient (Wildman–Crippen LogP) is 1.24. The first kappa shape index (κ1) is 13.0. The number of nitrogens with two attached hydrogens (primary N) is 1. The average Bonchev–Trinajstić information content (AvgIpc) is 2.28. The van der Waals surface area contributed by atoms with Crippen molar-refractivity contribution in [2.45, 2.75) is 19.4 Å². The van der Waals surface area contributed by atoms with Gasteiger partial charge in [-0.15, -0.1) is 6.58 Å². The van der Waals surface area contributed by atoms with E-state index in [9.17, 15) is 9.59 Å². The minimum absolute atomic E-state index is 0.310. The lowest BCUT2D eigenvalue weighted by Crippen LogP contribution is -2.44. The van der Waals surface area contributed by atoms with E-state index in [4.69, 9.17) is 5.73 Å². The summed E-state index contributed by atoms with van der Waals surface area (Å²) in [6.07, 6.45) is 0.355. The zero-order valence-electron chi connectivity index (χ0n) is 9.77. The molecule has 0 heterocycles. The smallest absolute Gasteiger partial charge is 0.251 e. The highest BCUT2D eigenvalue weighted by Gasteiger charge is 2.18. The Morgan fingerprint density at radius 1 is 1.35 bits per heavy atom. The van der Waals surface area contributed by atoms with E-state index in [2.05, 4.69) is 11.9 Å². The quantitative estimate of drug-likeness (QED) is 0.749. The summed E-state index contributed by atoms with van der Waals surface area (Å²) in [4.78, 5) is 23.0. The second-order valence-electron chi connectivity index (χ2n) is 3.96. The van der Waals surface area contributed by atoms with Crippen molar-refractivity contribution in [3.8, 4) is 0 Å². The molecule has 0 unspecified atom stereocenters. The van der Waals surface area contributed by atoms with Gasteiger partial charge in [0.05, 0.1) is 0 Å². The Kier molecular flexibility index (Phi) is 4.46.